The van der Waals surface area contributed by atoms with Gasteiger partial charge in [-0.05, 0) is 19.4 Å². The summed E-state index contributed by atoms with van der Waals surface area (Å²) in [6.45, 7) is 5.81. The van der Waals surface area contributed by atoms with Crippen molar-refractivity contribution in [2.75, 3.05) is 31.9 Å². The highest BCUT2D eigenvalue weighted by Crippen LogP contribution is 2.04. The van der Waals surface area contributed by atoms with Crippen LogP contribution in [0.5, 0.6) is 0 Å². The molecule has 0 saturated carbocycles. The number of hydrogen-bond acceptors (Lipinski definition) is 4. The Kier molecular flexibility index (Phi) is 6.04. The quantitative estimate of drug-likeness (QED) is 0.659. The second-order valence-electron chi connectivity index (χ2n) is 4.44. The summed E-state index contributed by atoms with van der Waals surface area (Å²) in [7, 11) is -3.47. The molecule has 1 amide bonds. The average Bonchev–Trinajstić information content (AvgIpc) is 2.79. The van der Waals surface area contributed by atoms with Crippen LogP contribution in [-0.4, -0.2) is 56.6 Å². The molecule has 0 aliphatic carbocycles. The van der Waals surface area contributed by atoms with E-state index in [1.165, 1.54) is 4.31 Å². The van der Waals surface area contributed by atoms with Gasteiger partial charge in [0.1, 0.15) is 5.75 Å². The number of amides is 1. The Morgan fingerprint density at radius 2 is 2.06 bits per heavy atom. The van der Waals surface area contributed by atoms with E-state index in [9.17, 15) is 13.2 Å². The maximum atomic E-state index is 11.8. The van der Waals surface area contributed by atoms with E-state index in [4.69, 9.17) is 0 Å². The minimum Gasteiger partial charge on any atom is -0.354 e. The van der Waals surface area contributed by atoms with Crippen LogP contribution in [0.4, 0.5) is 0 Å². The van der Waals surface area contributed by atoms with Gasteiger partial charge in [-0.1, -0.05) is 13.8 Å². The summed E-state index contributed by atoms with van der Waals surface area (Å²) in [6, 6.07) is 0.283. The van der Waals surface area contributed by atoms with E-state index < -0.39 is 21.7 Å². The third-order valence-electron chi connectivity index (χ3n) is 3.12. The van der Waals surface area contributed by atoms with Crippen LogP contribution in [0.15, 0.2) is 0 Å². The Labute approximate surface area is 109 Å². The first-order valence-electron chi connectivity index (χ1n) is 6.47. The molecule has 2 N–H and O–H groups in total. The number of nitrogens with one attached hydrogen (secondary N) is 2. The van der Waals surface area contributed by atoms with Crippen LogP contribution in [0, 0.1) is 0 Å². The molecule has 1 rings (SSSR count). The van der Waals surface area contributed by atoms with E-state index in [1.807, 2.05) is 0 Å². The average molecular weight is 277 g/mol. The van der Waals surface area contributed by atoms with Gasteiger partial charge in [-0.15, -0.1) is 0 Å². The lowest BCUT2D eigenvalue weighted by atomic mass is 10.2. The fourth-order valence-electron chi connectivity index (χ4n) is 2.09. The molecular formula is C11H23N3O3S. The standard InChI is InChI=1S/C11H23N3O3S/c1-3-14(4-2)18(16,17)9-11(15)13-8-10-6-5-7-12-10/h10,12H,3-9H2,1-2H3,(H,13,15). The van der Waals surface area contributed by atoms with Crippen LogP contribution in [0.25, 0.3) is 0 Å². The molecule has 1 unspecified atom stereocenters. The monoisotopic (exact) mass is 277 g/mol. The molecule has 6 nitrogen and oxygen atoms in total. The molecule has 1 saturated heterocycles. The molecule has 1 aliphatic heterocycles. The highest BCUT2D eigenvalue weighted by atomic mass is 32.2. The number of nitrogens with zero attached hydrogens (tertiary/aromatic N) is 1. The Morgan fingerprint density at radius 3 is 2.56 bits per heavy atom. The van der Waals surface area contributed by atoms with Gasteiger partial charge >= 0.3 is 0 Å². The van der Waals surface area contributed by atoms with Gasteiger partial charge in [0.2, 0.25) is 15.9 Å². The van der Waals surface area contributed by atoms with Crippen molar-refractivity contribution in [1.29, 1.82) is 0 Å². The minimum absolute atomic E-state index is 0.283. The van der Waals surface area contributed by atoms with Gasteiger partial charge in [0.15, 0.2) is 0 Å². The second-order valence-corrected chi connectivity index (χ2v) is 6.41. The van der Waals surface area contributed by atoms with Crippen molar-refractivity contribution in [3.63, 3.8) is 0 Å². The van der Waals surface area contributed by atoms with Gasteiger partial charge in [-0.3, -0.25) is 4.79 Å². The van der Waals surface area contributed by atoms with Gasteiger partial charge < -0.3 is 10.6 Å². The van der Waals surface area contributed by atoms with E-state index in [-0.39, 0.29) is 6.04 Å². The van der Waals surface area contributed by atoms with Crippen molar-refractivity contribution in [1.82, 2.24) is 14.9 Å². The highest BCUT2D eigenvalue weighted by Gasteiger charge is 2.23. The van der Waals surface area contributed by atoms with Crippen LogP contribution in [0.2, 0.25) is 0 Å². The van der Waals surface area contributed by atoms with Gasteiger partial charge in [-0.2, -0.15) is 0 Å². The molecule has 1 atom stereocenters. The summed E-state index contributed by atoms with van der Waals surface area (Å²) < 4.78 is 25.0. The lowest BCUT2D eigenvalue weighted by Crippen LogP contribution is -2.42. The molecule has 0 bridgehead atoms. The smallest absolute Gasteiger partial charge is 0.236 e. The minimum atomic E-state index is -3.47. The molecule has 0 spiro atoms. The number of carbonyl (C=O) groups excluding carboxylic acids is 1. The van der Waals surface area contributed by atoms with Crippen molar-refractivity contribution in [2.24, 2.45) is 0 Å². The van der Waals surface area contributed by atoms with Gasteiger partial charge in [-0.25, -0.2) is 12.7 Å². The molecule has 1 fully saturated rings. The molecule has 0 aromatic heterocycles. The predicted octanol–water partition coefficient (Wildman–Crippen LogP) is -0.474. The first-order valence-corrected chi connectivity index (χ1v) is 8.08. The maximum absolute atomic E-state index is 11.8. The predicted molar refractivity (Wildman–Crippen MR) is 70.7 cm³/mol. The molecular weight excluding hydrogens is 254 g/mol. The molecule has 1 aliphatic rings. The summed E-state index contributed by atoms with van der Waals surface area (Å²) in [5.74, 6) is -0.878. The molecule has 0 aromatic rings. The van der Waals surface area contributed by atoms with Crippen molar-refractivity contribution >= 4 is 15.9 Å². The zero-order chi connectivity index (χ0) is 13.6. The van der Waals surface area contributed by atoms with Crippen molar-refractivity contribution in [3.05, 3.63) is 0 Å². The van der Waals surface area contributed by atoms with E-state index in [0.717, 1.165) is 19.4 Å². The highest BCUT2D eigenvalue weighted by molar-refractivity contribution is 7.89. The zero-order valence-corrected chi connectivity index (χ0v) is 11.9. The summed E-state index contributed by atoms with van der Waals surface area (Å²) in [5, 5.41) is 5.92. The molecule has 0 radical (unpaired) electrons. The fraction of sp³-hybridized carbons (Fsp3) is 0.909. The fourth-order valence-corrected chi connectivity index (χ4v) is 3.50. The van der Waals surface area contributed by atoms with E-state index >= 15 is 0 Å². The molecule has 7 heteroatoms. The van der Waals surface area contributed by atoms with Crippen molar-refractivity contribution in [3.8, 4) is 0 Å². The van der Waals surface area contributed by atoms with Crippen LogP contribution >= 0.6 is 0 Å². The maximum Gasteiger partial charge on any atom is 0.236 e. The Balaban J connectivity index is 2.38. The number of rotatable bonds is 7. The van der Waals surface area contributed by atoms with Gasteiger partial charge in [0.05, 0.1) is 0 Å². The number of hydrogen-bond donors (Lipinski definition) is 2. The molecule has 106 valence electrons. The van der Waals surface area contributed by atoms with E-state index in [0.29, 0.717) is 19.6 Å². The van der Waals surface area contributed by atoms with Crippen LogP contribution in [0.3, 0.4) is 0 Å². The third kappa shape index (κ3) is 4.55. The SMILES string of the molecule is CCN(CC)S(=O)(=O)CC(=O)NCC1CCCN1. The van der Waals surface area contributed by atoms with Crippen LogP contribution in [-0.2, 0) is 14.8 Å². The lowest BCUT2D eigenvalue weighted by Gasteiger charge is -2.18. The van der Waals surface area contributed by atoms with Crippen molar-refractivity contribution < 1.29 is 13.2 Å². The first-order chi connectivity index (χ1) is 8.49. The molecule has 18 heavy (non-hydrogen) atoms. The van der Waals surface area contributed by atoms with Gasteiger partial charge in [0, 0.05) is 25.7 Å². The third-order valence-corrected chi connectivity index (χ3v) is 5.05. The second kappa shape index (κ2) is 7.06. The van der Waals surface area contributed by atoms with Crippen LogP contribution in [0.1, 0.15) is 26.7 Å². The van der Waals surface area contributed by atoms with E-state index in [1.54, 1.807) is 13.8 Å². The normalized spacial score (nSPS) is 20.3. The summed E-state index contributed by atoms with van der Waals surface area (Å²) in [4.78, 5) is 11.6. The van der Waals surface area contributed by atoms with Gasteiger partial charge in [0.25, 0.3) is 0 Å². The first kappa shape index (κ1) is 15.4. The van der Waals surface area contributed by atoms with E-state index in [2.05, 4.69) is 10.6 Å². The number of sulfonamides is 1. The van der Waals surface area contributed by atoms with Crippen molar-refractivity contribution in [2.45, 2.75) is 32.7 Å². The Hall–Kier alpha value is -0.660. The molecule has 0 aromatic carbocycles. The van der Waals surface area contributed by atoms with Crippen LogP contribution < -0.4 is 10.6 Å². The number of carbonyl (C=O) groups is 1. The summed E-state index contributed by atoms with van der Waals surface area (Å²) in [6.07, 6.45) is 2.14. The zero-order valence-electron chi connectivity index (χ0n) is 11.1. The molecule has 1 heterocycles. The Morgan fingerprint density at radius 1 is 1.39 bits per heavy atom. The topological polar surface area (TPSA) is 78.5 Å². The summed E-state index contributed by atoms with van der Waals surface area (Å²) >= 11 is 0. The lowest BCUT2D eigenvalue weighted by molar-refractivity contribution is -0.118. The Bertz CT molecular complexity index is 360. The summed E-state index contributed by atoms with van der Waals surface area (Å²) in [5.41, 5.74) is 0. The largest absolute Gasteiger partial charge is 0.354 e.